The van der Waals surface area contributed by atoms with Gasteiger partial charge in [-0.15, -0.1) is 0 Å². The van der Waals surface area contributed by atoms with Crippen molar-refractivity contribution in [1.82, 2.24) is 0 Å². The lowest BCUT2D eigenvalue weighted by Crippen LogP contribution is -2.53. The Labute approximate surface area is 70.7 Å². The van der Waals surface area contributed by atoms with E-state index in [1.54, 1.807) is 0 Å². The molecule has 1 atom stereocenters. The Morgan fingerprint density at radius 1 is 1.55 bits per heavy atom. The SMILES string of the molecule is O=[N+]([O-])C(CO)(CO)C(O)Br. The predicted octanol–water partition coefficient (Wildman–Crippen LogP) is -1.30. The van der Waals surface area contributed by atoms with Gasteiger partial charge in [0.2, 0.25) is 0 Å². The van der Waals surface area contributed by atoms with Gasteiger partial charge in [-0.2, -0.15) is 0 Å². The molecular weight excluding hydrogens is 222 g/mol. The molecule has 0 rings (SSSR count). The fourth-order valence-corrected chi connectivity index (χ4v) is 0.860. The van der Waals surface area contributed by atoms with Crippen LogP contribution in [0.15, 0.2) is 0 Å². The van der Waals surface area contributed by atoms with Crippen LogP contribution in [0.5, 0.6) is 0 Å². The quantitative estimate of drug-likeness (QED) is 0.316. The number of aliphatic hydroxyl groups is 3. The highest BCUT2D eigenvalue weighted by Crippen LogP contribution is 2.18. The first-order valence-electron chi connectivity index (χ1n) is 2.69. The summed E-state index contributed by atoms with van der Waals surface area (Å²) in [5, 5.41) is 34.5. The van der Waals surface area contributed by atoms with E-state index in [1.165, 1.54) is 0 Å². The number of nitrogens with zero attached hydrogens (tertiary/aromatic N) is 1. The van der Waals surface area contributed by atoms with Crippen molar-refractivity contribution in [1.29, 1.82) is 0 Å². The van der Waals surface area contributed by atoms with Crippen LogP contribution >= 0.6 is 15.9 Å². The molecule has 0 saturated heterocycles. The molecule has 0 fully saturated rings. The molecular formula is C4H8BrNO5. The van der Waals surface area contributed by atoms with Gasteiger partial charge in [-0.25, -0.2) is 0 Å². The second-order valence-corrected chi connectivity index (χ2v) is 2.88. The first-order valence-corrected chi connectivity index (χ1v) is 3.61. The van der Waals surface area contributed by atoms with Crippen molar-refractivity contribution in [2.24, 2.45) is 0 Å². The van der Waals surface area contributed by atoms with Gasteiger partial charge in [-0.05, 0) is 15.9 Å². The Kier molecular flexibility index (Phi) is 3.87. The molecule has 0 aliphatic rings. The lowest BCUT2D eigenvalue weighted by atomic mass is 10.1. The first kappa shape index (κ1) is 10.8. The van der Waals surface area contributed by atoms with Gasteiger partial charge in [-0.1, -0.05) is 0 Å². The lowest BCUT2D eigenvalue weighted by molar-refractivity contribution is -0.583. The van der Waals surface area contributed by atoms with Crippen LogP contribution < -0.4 is 0 Å². The summed E-state index contributed by atoms with van der Waals surface area (Å²) in [6.07, 6.45) is 0. The van der Waals surface area contributed by atoms with Crippen LogP contribution in [0.25, 0.3) is 0 Å². The van der Waals surface area contributed by atoms with Crippen molar-refractivity contribution >= 4 is 15.9 Å². The summed E-state index contributed by atoms with van der Waals surface area (Å²) in [5.41, 5.74) is -2.11. The second kappa shape index (κ2) is 3.96. The second-order valence-electron chi connectivity index (χ2n) is 2.01. The van der Waals surface area contributed by atoms with E-state index in [1.807, 2.05) is 0 Å². The average Bonchev–Trinajstić information content (AvgIpc) is 1.90. The minimum absolute atomic E-state index is 0.924. The molecule has 3 N–H and O–H groups in total. The standard InChI is InChI=1S/C4H8BrNO5/c5-3(9)4(1-7,2-8)6(10)11/h3,7-9H,1-2H2. The number of hydrogen-bond donors (Lipinski definition) is 3. The number of alkyl halides is 1. The number of halogens is 1. The van der Waals surface area contributed by atoms with E-state index in [-0.39, 0.29) is 0 Å². The molecule has 0 aromatic carbocycles. The summed E-state index contributed by atoms with van der Waals surface area (Å²) in [6.45, 7) is -1.86. The van der Waals surface area contributed by atoms with Crippen molar-refractivity contribution in [3.63, 3.8) is 0 Å². The fourth-order valence-electron chi connectivity index (χ4n) is 0.403. The van der Waals surface area contributed by atoms with Crippen molar-refractivity contribution in [2.75, 3.05) is 13.2 Å². The van der Waals surface area contributed by atoms with E-state index in [0.717, 1.165) is 0 Å². The fraction of sp³-hybridized carbons (Fsp3) is 1.00. The summed E-state index contributed by atoms with van der Waals surface area (Å²) in [5.74, 6) is 0. The molecule has 66 valence electrons. The van der Waals surface area contributed by atoms with Gasteiger partial charge in [-0.3, -0.25) is 10.1 Å². The Morgan fingerprint density at radius 3 is 1.91 bits per heavy atom. The topological polar surface area (TPSA) is 104 Å². The summed E-state index contributed by atoms with van der Waals surface area (Å²) in [4.78, 5) is 9.30. The average molecular weight is 230 g/mol. The normalized spacial score (nSPS) is 14.5. The third kappa shape index (κ3) is 1.86. The van der Waals surface area contributed by atoms with Crippen LogP contribution in [0.2, 0.25) is 0 Å². The molecule has 6 nitrogen and oxygen atoms in total. The molecule has 0 heterocycles. The molecule has 0 radical (unpaired) electrons. The molecule has 7 heteroatoms. The van der Waals surface area contributed by atoms with Crippen LogP contribution in [0.1, 0.15) is 0 Å². The van der Waals surface area contributed by atoms with Crippen LogP contribution in [-0.2, 0) is 0 Å². The highest BCUT2D eigenvalue weighted by Gasteiger charge is 2.48. The third-order valence-electron chi connectivity index (χ3n) is 1.35. The Hall–Kier alpha value is -0.240. The monoisotopic (exact) mass is 229 g/mol. The van der Waals surface area contributed by atoms with Gasteiger partial charge in [0.25, 0.3) is 0 Å². The molecule has 0 bridgehead atoms. The van der Waals surface area contributed by atoms with Gasteiger partial charge in [0.05, 0.1) is 0 Å². The molecule has 11 heavy (non-hydrogen) atoms. The number of rotatable bonds is 4. The van der Waals surface area contributed by atoms with E-state index in [4.69, 9.17) is 15.3 Å². The Bertz CT molecular complexity index is 145. The molecule has 0 saturated carbocycles. The van der Waals surface area contributed by atoms with Crippen molar-refractivity contribution in [2.45, 2.75) is 10.6 Å². The smallest absolute Gasteiger partial charge is 0.302 e. The van der Waals surface area contributed by atoms with Gasteiger partial charge >= 0.3 is 5.54 Å². The Balaban J connectivity index is 4.61. The van der Waals surface area contributed by atoms with Crippen molar-refractivity contribution < 1.29 is 20.2 Å². The van der Waals surface area contributed by atoms with Gasteiger partial charge in [0.1, 0.15) is 13.2 Å². The van der Waals surface area contributed by atoms with Crippen molar-refractivity contribution in [3.8, 4) is 0 Å². The molecule has 0 aliphatic carbocycles. The van der Waals surface area contributed by atoms with Crippen LogP contribution in [0.4, 0.5) is 0 Å². The van der Waals surface area contributed by atoms with Crippen LogP contribution in [0, 0.1) is 10.1 Å². The zero-order valence-electron chi connectivity index (χ0n) is 5.47. The van der Waals surface area contributed by atoms with Crippen molar-refractivity contribution in [3.05, 3.63) is 10.1 Å². The zero-order chi connectivity index (χ0) is 9.07. The largest absolute Gasteiger partial charge is 0.389 e. The maximum absolute atomic E-state index is 10.2. The molecule has 0 aromatic heterocycles. The maximum Gasteiger partial charge on any atom is 0.302 e. The molecule has 0 spiro atoms. The van der Waals surface area contributed by atoms with E-state index < -0.39 is 28.7 Å². The van der Waals surface area contributed by atoms with Gasteiger partial charge in [0.15, 0.2) is 5.01 Å². The zero-order valence-corrected chi connectivity index (χ0v) is 7.06. The number of hydrogen-bond acceptors (Lipinski definition) is 5. The molecule has 1 unspecified atom stereocenters. The molecule has 0 aromatic rings. The van der Waals surface area contributed by atoms with E-state index >= 15 is 0 Å². The van der Waals surface area contributed by atoms with E-state index in [0.29, 0.717) is 0 Å². The highest BCUT2D eigenvalue weighted by molar-refractivity contribution is 9.09. The van der Waals surface area contributed by atoms with Crippen LogP contribution in [0.3, 0.4) is 0 Å². The Morgan fingerprint density at radius 2 is 1.91 bits per heavy atom. The summed E-state index contributed by atoms with van der Waals surface area (Å²) < 4.78 is 0. The maximum atomic E-state index is 10.2. The van der Waals surface area contributed by atoms with E-state index in [9.17, 15) is 10.1 Å². The lowest BCUT2D eigenvalue weighted by Gasteiger charge is -2.21. The number of aliphatic hydroxyl groups excluding tert-OH is 3. The summed E-state index contributed by atoms with van der Waals surface area (Å²) in [6, 6.07) is 0. The van der Waals surface area contributed by atoms with Gasteiger partial charge in [0, 0.05) is 4.92 Å². The third-order valence-corrected chi connectivity index (χ3v) is 2.21. The predicted molar refractivity (Wildman–Crippen MR) is 38.8 cm³/mol. The van der Waals surface area contributed by atoms with Crippen LogP contribution in [-0.4, -0.2) is 44.0 Å². The van der Waals surface area contributed by atoms with E-state index in [2.05, 4.69) is 15.9 Å². The highest BCUT2D eigenvalue weighted by atomic mass is 79.9. The minimum Gasteiger partial charge on any atom is -0.389 e. The first-order chi connectivity index (χ1) is 5.01. The summed E-state index contributed by atoms with van der Waals surface area (Å²) >= 11 is 2.51. The molecule has 0 aliphatic heterocycles. The minimum atomic E-state index is -2.11. The number of nitro groups is 1. The molecule has 0 amide bonds. The summed E-state index contributed by atoms with van der Waals surface area (Å²) in [7, 11) is 0. The van der Waals surface area contributed by atoms with Gasteiger partial charge < -0.3 is 15.3 Å².